The van der Waals surface area contributed by atoms with Gasteiger partial charge in [-0.3, -0.25) is 4.79 Å². The molecule has 5 nitrogen and oxygen atoms in total. The molecule has 0 aliphatic heterocycles. The van der Waals surface area contributed by atoms with Gasteiger partial charge >= 0.3 is 5.97 Å². The van der Waals surface area contributed by atoms with Crippen LogP contribution >= 0.6 is 0 Å². The van der Waals surface area contributed by atoms with E-state index in [0.717, 1.165) is 25.7 Å². The van der Waals surface area contributed by atoms with Crippen LogP contribution in [0.5, 0.6) is 5.75 Å². The van der Waals surface area contributed by atoms with Crippen LogP contribution in [0, 0.1) is 0 Å². The summed E-state index contributed by atoms with van der Waals surface area (Å²) in [4.78, 5) is 24.3. The molecule has 22 heavy (non-hydrogen) atoms. The van der Waals surface area contributed by atoms with Crippen molar-refractivity contribution in [2.45, 2.75) is 51.2 Å². The first-order valence-corrected chi connectivity index (χ1v) is 7.76. The first-order chi connectivity index (χ1) is 10.6. The normalized spacial score (nSPS) is 16.6. The Kier molecular flexibility index (Phi) is 5.81. The Labute approximate surface area is 131 Å². The fourth-order valence-corrected chi connectivity index (χ4v) is 2.66. The number of amides is 1. The van der Waals surface area contributed by atoms with Gasteiger partial charge in [-0.2, -0.15) is 0 Å². The Balaban J connectivity index is 1.91. The second kappa shape index (κ2) is 7.82. The van der Waals surface area contributed by atoms with Crippen molar-refractivity contribution in [2.24, 2.45) is 0 Å². The van der Waals surface area contributed by atoms with Crippen LogP contribution in [-0.2, 0) is 9.53 Å². The van der Waals surface area contributed by atoms with Gasteiger partial charge in [0.1, 0.15) is 11.3 Å². The number of para-hydroxylation sites is 1. The van der Waals surface area contributed by atoms with Crippen LogP contribution in [0.4, 0.5) is 0 Å². The Morgan fingerprint density at radius 3 is 2.55 bits per heavy atom. The molecule has 1 aliphatic carbocycles. The first-order valence-electron chi connectivity index (χ1n) is 7.76. The Morgan fingerprint density at radius 1 is 1.18 bits per heavy atom. The lowest BCUT2D eigenvalue weighted by atomic mass is 9.95. The minimum absolute atomic E-state index is 0.202. The number of esters is 1. The average Bonchev–Trinajstić information content (AvgIpc) is 2.55. The molecule has 5 heteroatoms. The lowest BCUT2D eigenvalue weighted by molar-refractivity contribution is -0.130. The lowest BCUT2D eigenvalue weighted by Gasteiger charge is -2.24. The van der Waals surface area contributed by atoms with Crippen LogP contribution in [0.1, 0.15) is 49.4 Å². The highest BCUT2D eigenvalue weighted by Crippen LogP contribution is 2.20. The van der Waals surface area contributed by atoms with Gasteiger partial charge < -0.3 is 14.8 Å². The molecule has 2 rings (SSSR count). The van der Waals surface area contributed by atoms with Crippen molar-refractivity contribution in [3.63, 3.8) is 0 Å². The number of carbonyl (C=O) groups excluding carboxylic acids is 2. The average molecular weight is 305 g/mol. The van der Waals surface area contributed by atoms with E-state index in [4.69, 9.17) is 9.47 Å². The maximum Gasteiger partial charge on any atom is 0.342 e. The van der Waals surface area contributed by atoms with Gasteiger partial charge in [0.15, 0.2) is 6.10 Å². The zero-order chi connectivity index (χ0) is 15.9. The van der Waals surface area contributed by atoms with Gasteiger partial charge in [0.2, 0.25) is 0 Å². The van der Waals surface area contributed by atoms with Crippen molar-refractivity contribution in [3.8, 4) is 5.75 Å². The van der Waals surface area contributed by atoms with E-state index < -0.39 is 12.1 Å². The van der Waals surface area contributed by atoms with Crippen molar-refractivity contribution in [1.29, 1.82) is 0 Å². The number of hydrogen-bond donors (Lipinski definition) is 1. The second-order valence-electron chi connectivity index (χ2n) is 5.59. The predicted molar refractivity (Wildman–Crippen MR) is 82.9 cm³/mol. The van der Waals surface area contributed by atoms with Crippen molar-refractivity contribution >= 4 is 11.9 Å². The molecule has 0 spiro atoms. The summed E-state index contributed by atoms with van der Waals surface area (Å²) in [5.74, 6) is -0.355. The number of carbonyl (C=O) groups is 2. The summed E-state index contributed by atoms with van der Waals surface area (Å²) in [6.07, 6.45) is 4.68. The molecular weight excluding hydrogens is 282 g/mol. The van der Waals surface area contributed by atoms with Crippen molar-refractivity contribution in [1.82, 2.24) is 5.32 Å². The van der Waals surface area contributed by atoms with Crippen molar-refractivity contribution in [2.75, 3.05) is 7.11 Å². The Hall–Kier alpha value is -2.04. The number of benzene rings is 1. The highest BCUT2D eigenvalue weighted by molar-refractivity contribution is 5.94. The molecule has 0 bridgehead atoms. The van der Waals surface area contributed by atoms with Crippen molar-refractivity contribution in [3.05, 3.63) is 29.8 Å². The van der Waals surface area contributed by atoms with Gasteiger partial charge in [-0.05, 0) is 31.9 Å². The monoisotopic (exact) mass is 305 g/mol. The quantitative estimate of drug-likeness (QED) is 0.850. The van der Waals surface area contributed by atoms with E-state index in [1.807, 2.05) is 0 Å². The maximum atomic E-state index is 12.1. The molecule has 0 radical (unpaired) electrons. The van der Waals surface area contributed by atoms with Crippen LogP contribution in [0.2, 0.25) is 0 Å². The van der Waals surface area contributed by atoms with E-state index >= 15 is 0 Å². The molecule has 1 N–H and O–H groups in total. The molecule has 0 saturated heterocycles. The van der Waals surface area contributed by atoms with Crippen molar-refractivity contribution < 1.29 is 19.1 Å². The summed E-state index contributed by atoms with van der Waals surface area (Å²) in [5, 5.41) is 2.96. The number of ether oxygens (including phenoxy) is 2. The van der Waals surface area contributed by atoms with Gasteiger partial charge in [-0.15, -0.1) is 0 Å². The third kappa shape index (κ3) is 4.23. The van der Waals surface area contributed by atoms with Gasteiger partial charge in [0.25, 0.3) is 5.91 Å². The molecular formula is C17H23NO4. The standard InChI is InChI=1S/C17H23NO4/c1-12(16(19)18-13-8-4-3-5-9-13)22-17(20)14-10-6-7-11-15(14)21-2/h6-7,10-13H,3-5,8-9H2,1-2H3,(H,18,19). The van der Waals surface area contributed by atoms with E-state index in [1.165, 1.54) is 13.5 Å². The molecule has 120 valence electrons. The maximum absolute atomic E-state index is 12.1. The number of hydrogen-bond acceptors (Lipinski definition) is 4. The topological polar surface area (TPSA) is 64.6 Å². The third-order valence-corrected chi connectivity index (χ3v) is 3.93. The molecule has 0 heterocycles. The fraction of sp³-hybridized carbons (Fsp3) is 0.529. The molecule has 1 aliphatic rings. The van der Waals surface area contributed by atoms with E-state index in [-0.39, 0.29) is 11.9 Å². The summed E-state index contributed by atoms with van der Waals surface area (Å²) in [5.41, 5.74) is 0.322. The van der Waals surface area contributed by atoms with Gasteiger partial charge in [-0.25, -0.2) is 4.79 Å². The summed E-state index contributed by atoms with van der Waals surface area (Å²) >= 11 is 0. The first kappa shape index (κ1) is 16.3. The highest BCUT2D eigenvalue weighted by Gasteiger charge is 2.23. The SMILES string of the molecule is COc1ccccc1C(=O)OC(C)C(=O)NC1CCCCC1. The molecule has 1 aromatic rings. The lowest BCUT2D eigenvalue weighted by Crippen LogP contribution is -2.42. The van der Waals surface area contributed by atoms with Crippen LogP contribution in [0.3, 0.4) is 0 Å². The summed E-state index contributed by atoms with van der Waals surface area (Å²) in [7, 11) is 1.49. The van der Waals surface area contributed by atoms with Gasteiger partial charge in [0.05, 0.1) is 7.11 Å². The van der Waals surface area contributed by atoms with E-state index in [1.54, 1.807) is 31.2 Å². The molecule has 1 atom stereocenters. The minimum Gasteiger partial charge on any atom is -0.496 e. The number of rotatable bonds is 5. The molecule has 1 amide bonds. The fourth-order valence-electron chi connectivity index (χ4n) is 2.66. The Morgan fingerprint density at radius 2 is 1.86 bits per heavy atom. The van der Waals surface area contributed by atoms with E-state index in [2.05, 4.69) is 5.32 Å². The minimum atomic E-state index is -0.820. The number of nitrogens with one attached hydrogen (secondary N) is 1. The van der Waals surface area contributed by atoms with Gasteiger partial charge in [-0.1, -0.05) is 31.4 Å². The van der Waals surface area contributed by atoms with Crippen LogP contribution < -0.4 is 10.1 Å². The third-order valence-electron chi connectivity index (χ3n) is 3.93. The van der Waals surface area contributed by atoms with E-state index in [9.17, 15) is 9.59 Å². The zero-order valence-corrected chi connectivity index (χ0v) is 13.1. The summed E-state index contributed by atoms with van der Waals surface area (Å²) in [6.45, 7) is 1.59. The van der Waals surface area contributed by atoms with Crippen LogP contribution in [0.25, 0.3) is 0 Å². The van der Waals surface area contributed by atoms with E-state index in [0.29, 0.717) is 11.3 Å². The largest absolute Gasteiger partial charge is 0.496 e. The molecule has 1 aromatic carbocycles. The molecule has 0 aromatic heterocycles. The Bertz CT molecular complexity index is 523. The second-order valence-corrected chi connectivity index (χ2v) is 5.59. The van der Waals surface area contributed by atoms with Gasteiger partial charge in [0, 0.05) is 6.04 Å². The van der Waals surface area contributed by atoms with Crippen LogP contribution in [-0.4, -0.2) is 31.1 Å². The summed E-state index contributed by atoms with van der Waals surface area (Å²) < 4.78 is 10.4. The predicted octanol–water partition coefficient (Wildman–Crippen LogP) is 2.69. The molecule has 1 fully saturated rings. The smallest absolute Gasteiger partial charge is 0.342 e. The zero-order valence-electron chi connectivity index (χ0n) is 13.1. The molecule has 1 unspecified atom stereocenters. The summed E-state index contributed by atoms with van der Waals surface area (Å²) in [6, 6.07) is 7.01. The van der Waals surface area contributed by atoms with Crippen LogP contribution in [0.15, 0.2) is 24.3 Å². The number of methoxy groups -OCH3 is 1. The molecule has 1 saturated carbocycles. The highest BCUT2D eigenvalue weighted by atomic mass is 16.5.